The summed E-state index contributed by atoms with van der Waals surface area (Å²) in [6.45, 7) is 10.2. The van der Waals surface area contributed by atoms with Gasteiger partial charge in [0.25, 0.3) is 0 Å². The van der Waals surface area contributed by atoms with E-state index in [9.17, 15) is 23.1 Å². The van der Waals surface area contributed by atoms with Crippen molar-refractivity contribution in [2.24, 2.45) is 5.41 Å². The maximum atomic E-state index is 13.9. The van der Waals surface area contributed by atoms with Gasteiger partial charge in [-0.05, 0) is 56.0 Å². The molecule has 1 unspecified atom stereocenters. The second-order valence-electron chi connectivity index (χ2n) is 12.5. The highest BCUT2D eigenvalue weighted by molar-refractivity contribution is 7.89. The molecule has 0 spiro atoms. The van der Waals surface area contributed by atoms with E-state index < -0.39 is 39.0 Å². The zero-order valence-corrected chi connectivity index (χ0v) is 27.6. The van der Waals surface area contributed by atoms with Crippen molar-refractivity contribution in [3.05, 3.63) is 89.3 Å². The Bertz CT molecular complexity index is 1730. The highest BCUT2D eigenvalue weighted by Crippen LogP contribution is 2.28. The van der Waals surface area contributed by atoms with Gasteiger partial charge in [-0.1, -0.05) is 45.0 Å². The van der Waals surface area contributed by atoms with Gasteiger partial charge < -0.3 is 15.2 Å². The molecule has 0 amide bonds. The Kier molecular flexibility index (Phi) is 10.1. The molecule has 2 N–H and O–H groups in total. The zero-order valence-electron chi connectivity index (χ0n) is 26.0. The normalized spacial score (nSPS) is 13.0. The average molecular weight is 652 g/mol. The third-order valence-corrected chi connectivity index (χ3v) is 9.17. The van der Waals surface area contributed by atoms with Gasteiger partial charge in [-0.2, -0.15) is 4.31 Å². The number of pyridine rings is 2. The van der Waals surface area contributed by atoms with Crippen molar-refractivity contribution in [2.45, 2.75) is 71.2 Å². The molecule has 0 saturated carbocycles. The van der Waals surface area contributed by atoms with Crippen LogP contribution in [-0.4, -0.2) is 56.4 Å². The molecule has 3 heterocycles. The van der Waals surface area contributed by atoms with E-state index in [0.29, 0.717) is 0 Å². The number of carboxylic acid groups (broad SMARTS) is 1. The number of carboxylic acids is 1. The molecule has 0 aliphatic rings. The highest BCUT2D eigenvalue weighted by atomic mass is 32.2. The molecule has 3 aromatic heterocycles. The Morgan fingerprint density at radius 2 is 1.71 bits per heavy atom. The van der Waals surface area contributed by atoms with Crippen molar-refractivity contribution < 1.29 is 27.9 Å². The second-order valence-corrected chi connectivity index (χ2v) is 15.3. The lowest BCUT2D eigenvalue weighted by Crippen LogP contribution is -2.42. The van der Waals surface area contributed by atoms with Gasteiger partial charge in [0.2, 0.25) is 10.0 Å². The van der Waals surface area contributed by atoms with Gasteiger partial charge in [0.1, 0.15) is 32.9 Å². The Balaban J connectivity index is 1.74. The molecular formula is C32H37N5O6S2. The third-order valence-electron chi connectivity index (χ3n) is 6.57. The van der Waals surface area contributed by atoms with Gasteiger partial charge in [0.15, 0.2) is 0 Å². The van der Waals surface area contributed by atoms with E-state index in [4.69, 9.17) is 4.74 Å². The summed E-state index contributed by atoms with van der Waals surface area (Å²) < 4.78 is 34.6. The Morgan fingerprint density at radius 1 is 1.00 bits per heavy atom. The lowest BCUT2D eigenvalue weighted by Gasteiger charge is -2.29. The van der Waals surface area contributed by atoms with Gasteiger partial charge in [0, 0.05) is 36.1 Å². The number of carbonyl (C=O) groups excluding carboxylic acids is 1. The fourth-order valence-corrected chi connectivity index (χ4v) is 6.37. The van der Waals surface area contributed by atoms with Crippen molar-refractivity contribution in [1.29, 1.82) is 0 Å². The van der Waals surface area contributed by atoms with Crippen LogP contribution in [0.5, 0.6) is 0 Å². The van der Waals surface area contributed by atoms with E-state index in [2.05, 4.69) is 20.3 Å². The molecule has 0 aliphatic carbocycles. The van der Waals surface area contributed by atoms with Gasteiger partial charge in [-0.25, -0.2) is 28.0 Å². The lowest BCUT2D eigenvalue weighted by atomic mass is 9.86. The van der Waals surface area contributed by atoms with Crippen LogP contribution in [0.15, 0.2) is 77.4 Å². The number of nitrogens with one attached hydrogen (secondary N) is 1. The van der Waals surface area contributed by atoms with Crippen LogP contribution in [0.1, 0.15) is 63.2 Å². The highest BCUT2D eigenvalue weighted by Gasteiger charge is 2.34. The van der Waals surface area contributed by atoms with E-state index in [-0.39, 0.29) is 35.1 Å². The fraction of sp³-hybridized carbons (Fsp3) is 0.344. The van der Waals surface area contributed by atoms with Gasteiger partial charge in [-0.3, -0.25) is 4.98 Å². The van der Waals surface area contributed by atoms with Crippen molar-refractivity contribution in [3.63, 3.8) is 0 Å². The summed E-state index contributed by atoms with van der Waals surface area (Å²) in [6.07, 6.45) is 4.49. The molecule has 0 aliphatic heterocycles. The molecule has 0 fully saturated rings. The topological polar surface area (TPSA) is 152 Å². The molecule has 45 heavy (non-hydrogen) atoms. The number of carbonyl (C=O) groups is 2. The smallest absolute Gasteiger partial charge is 0.342 e. The molecule has 4 aromatic rings. The Labute approximate surface area is 267 Å². The molecular weight excluding hydrogens is 615 g/mol. The van der Waals surface area contributed by atoms with Gasteiger partial charge >= 0.3 is 11.9 Å². The van der Waals surface area contributed by atoms with Crippen LogP contribution in [0.25, 0.3) is 10.6 Å². The number of aliphatic carboxylic acids is 1. The number of nitrogens with zero attached hydrogens (tertiary/aromatic N) is 4. The summed E-state index contributed by atoms with van der Waals surface area (Å²) in [5, 5.41) is 15.6. The van der Waals surface area contributed by atoms with Crippen molar-refractivity contribution >= 4 is 39.1 Å². The van der Waals surface area contributed by atoms with Crippen molar-refractivity contribution in [1.82, 2.24) is 19.3 Å². The van der Waals surface area contributed by atoms with Crippen molar-refractivity contribution in [3.8, 4) is 10.6 Å². The average Bonchev–Trinajstić information content (AvgIpc) is 3.50. The standard InChI is InChI=1S/C32H37N5O6S2/c1-31(2,3)26(29(38)39)36-27-25(30(40)43-32(4,5)6)14-13-23(35-27)20-37(45(41,42)24-8-7-15-33-18-24)19-21-9-11-22(12-10-21)28-34-16-17-44-28/h7-18,26H,19-20H2,1-6H3,(H,35,36)(H,38,39). The number of aromatic nitrogens is 3. The van der Waals surface area contributed by atoms with E-state index in [1.54, 1.807) is 53.8 Å². The number of thiazole rings is 1. The van der Waals surface area contributed by atoms with Crippen LogP contribution in [0.4, 0.5) is 5.82 Å². The van der Waals surface area contributed by atoms with Crippen LogP contribution in [0.2, 0.25) is 0 Å². The number of hydrogen-bond acceptors (Lipinski definition) is 10. The number of ether oxygens (including phenoxy) is 1. The predicted molar refractivity (Wildman–Crippen MR) is 172 cm³/mol. The summed E-state index contributed by atoms with van der Waals surface area (Å²) in [7, 11) is -4.06. The van der Waals surface area contributed by atoms with E-state index >= 15 is 0 Å². The second kappa shape index (κ2) is 13.4. The van der Waals surface area contributed by atoms with Crippen LogP contribution in [0, 0.1) is 5.41 Å². The monoisotopic (exact) mass is 651 g/mol. The number of sulfonamides is 1. The first-order chi connectivity index (χ1) is 21.0. The summed E-state index contributed by atoms with van der Waals surface area (Å²) in [5.74, 6) is -1.84. The summed E-state index contributed by atoms with van der Waals surface area (Å²) >= 11 is 1.51. The first kappa shape index (κ1) is 33.7. The van der Waals surface area contributed by atoms with Crippen LogP contribution in [-0.2, 0) is 32.6 Å². The van der Waals surface area contributed by atoms with E-state index in [0.717, 1.165) is 16.1 Å². The number of anilines is 1. The minimum Gasteiger partial charge on any atom is -0.480 e. The van der Waals surface area contributed by atoms with E-state index in [1.165, 1.54) is 46.2 Å². The summed E-state index contributed by atoms with van der Waals surface area (Å²) in [4.78, 5) is 38.3. The fourth-order valence-electron chi connectivity index (χ4n) is 4.36. The molecule has 238 valence electrons. The summed E-state index contributed by atoms with van der Waals surface area (Å²) in [6, 6.07) is 12.4. The minimum absolute atomic E-state index is 0.00630. The molecule has 1 atom stereocenters. The SMILES string of the molecule is CC(C)(C)OC(=O)c1ccc(CN(Cc2ccc(-c3nccs3)cc2)S(=O)(=O)c2cccnc2)nc1NC(C(=O)O)C(C)(C)C. The number of rotatable bonds is 11. The first-order valence-corrected chi connectivity index (χ1v) is 16.5. The first-order valence-electron chi connectivity index (χ1n) is 14.2. The quantitative estimate of drug-likeness (QED) is 0.189. The van der Waals surface area contributed by atoms with Crippen LogP contribution < -0.4 is 5.32 Å². The molecule has 13 heteroatoms. The number of hydrogen-bond donors (Lipinski definition) is 2. The van der Waals surface area contributed by atoms with E-state index in [1.807, 2.05) is 29.6 Å². The zero-order chi connectivity index (χ0) is 33.0. The Morgan fingerprint density at radius 3 is 2.27 bits per heavy atom. The number of benzene rings is 1. The maximum Gasteiger partial charge on any atom is 0.342 e. The number of esters is 1. The molecule has 1 aromatic carbocycles. The molecule has 0 saturated heterocycles. The third kappa shape index (κ3) is 8.71. The van der Waals surface area contributed by atoms with Crippen LogP contribution >= 0.6 is 11.3 Å². The molecule has 0 radical (unpaired) electrons. The van der Waals surface area contributed by atoms with Crippen molar-refractivity contribution in [2.75, 3.05) is 5.32 Å². The minimum atomic E-state index is -4.06. The largest absolute Gasteiger partial charge is 0.480 e. The van der Waals surface area contributed by atoms with Crippen LogP contribution in [0.3, 0.4) is 0 Å². The Hall–Kier alpha value is -4.20. The lowest BCUT2D eigenvalue weighted by molar-refractivity contribution is -0.140. The maximum absolute atomic E-state index is 13.9. The van der Waals surface area contributed by atoms with Gasteiger partial charge in [-0.15, -0.1) is 11.3 Å². The molecule has 4 rings (SSSR count). The van der Waals surface area contributed by atoms with Gasteiger partial charge in [0.05, 0.1) is 12.2 Å². The predicted octanol–water partition coefficient (Wildman–Crippen LogP) is 5.86. The molecule has 0 bridgehead atoms. The molecule has 11 nitrogen and oxygen atoms in total. The summed E-state index contributed by atoms with van der Waals surface area (Å²) in [5.41, 5.74) is 0.392.